The van der Waals surface area contributed by atoms with Crippen molar-refractivity contribution in [2.24, 2.45) is 5.73 Å². The van der Waals surface area contributed by atoms with Gasteiger partial charge in [0.2, 0.25) is 0 Å². The first-order valence-corrected chi connectivity index (χ1v) is 8.19. The largest absolute Gasteiger partial charge is 0.329 e. The average molecular weight is 289 g/mol. The molecule has 2 heterocycles. The molecule has 1 saturated heterocycles. The molecule has 1 fully saturated rings. The molecule has 0 spiro atoms. The Morgan fingerprint density at radius 3 is 2.90 bits per heavy atom. The Balaban J connectivity index is 1.93. The summed E-state index contributed by atoms with van der Waals surface area (Å²) < 4.78 is 1.36. The Bertz CT molecular complexity index is 580. The van der Waals surface area contributed by atoms with E-state index in [9.17, 15) is 0 Å². The van der Waals surface area contributed by atoms with E-state index in [1.165, 1.54) is 15.6 Å². The first-order valence-electron chi connectivity index (χ1n) is 7.31. The molecule has 1 aromatic carbocycles. The lowest BCUT2D eigenvalue weighted by Gasteiger charge is -2.42. The van der Waals surface area contributed by atoms with Gasteiger partial charge in [-0.25, -0.2) is 0 Å². The molecule has 0 saturated carbocycles. The number of thiophene rings is 1. The SMILES string of the molecule is CC1CN(C)CCN1C(CN)c1csc2ccccc12. The maximum absolute atomic E-state index is 6.13. The van der Waals surface area contributed by atoms with Crippen LogP contribution < -0.4 is 5.73 Å². The number of hydrogen-bond acceptors (Lipinski definition) is 4. The van der Waals surface area contributed by atoms with E-state index in [1.807, 2.05) is 11.3 Å². The highest BCUT2D eigenvalue weighted by Gasteiger charge is 2.29. The predicted molar refractivity (Wildman–Crippen MR) is 87.3 cm³/mol. The molecule has 2 atom stereocenters. The zero-order valence-electron chi connectivity index (χ0n) is 12.2. The minimum absolute atomic E-state index is 0.342. The Kier molecular flexibility index (Phi) is 4.08. The zero-order valence-corrected chi connectivity index (χ0v) is 13.1. The van der Waals surface area contributed by atoms with Crippen LogP contribution in [-0.4, -0.2) is 49.1 Å². The highest BCUT2D eigenvalue weighted by Crippen LogP contribution is 2.34. The van der Waals surface area contributed by atoms with Crippen molar-refractivity contribution in [3.63, 3.8) is 0 Å². The quantitative estimate of drug-likeness (QED) is 0.942. The van der Waals surface area contributed by atoms with E-state index in [-0.39, 0.29) is 0 Å². The predicted octanol–water partition coefficient (Wildman–Crippen LogP) is 2.54. The van der Waals surface area contributed by atoms with Gasteiger partial charge in [0, 0.05) is 43.0 Å². The maximum Gasteiger partial charge on any atom is 0.0488 e. The van der Waals surface area contributed by atoms with Crippen molar-refractivity contribution in [3.05, 3.63) is 35.2 Å². The van der Waals surface area contributed by atoms with Crippen LogP contribution in [0.3, 0.4) is 0 Å². The van der Waals surface area contributed by atoms with Gasteiger partial charge >= 0.3 is 0 Å². The fourth-order valence-electron chi connectivity index (χ4n) is 3.31. The van der Waals surface area contributed by atoms with Crippen LogP contribution in [0.1, 0.15) is 18.5 Å². The van der Waals surface area contributed by atoms with Gasteiger partial charge in [-0.2, -0.15) is 0 Å². The summed E-state index contributed by atoms with van der Waals surface area (Å²) in [5.74, 6) is 0. The molecule has 3 rings (SSSR count). The van der Waals surface area contributed by atoms with E-state index in [2.05, 4.69) is 53.4 Å². The second-order valence-electron chi connectivity index (χ2n) is 5.79. The Morgan fingerprint density at radius 2 is 2.15 bits per heavy atom. The third-order valence-corrected chi connectivity index (χ3v) is 5.36. The minimum atomic E-state index is 0.342. The van der Waals surface area contributed by atoms with Gasteiger partial charge in [-0.1, -0.05) is 18.2 Å². The first kappa shape index (κ1) is 14.0. The van der Waals surface area contributed by atoms with Gasteiger partial charge in [0.15, 0.2) is 0 Å². The molecule has 20 heavy (non-hydrogen) atoms. The minimum Gasteiger partial charge on any atom is -0.329 e. The first-order chi connectivity index (χ1) is 9.70. The lowest BCUT2D eigenvalue weighted by Crippen LogP contribution is -2.52. The van der Waals surface area contributed by atoms with Crippen molar-refractivity contribution in [2.45, 2.75) is 19.0 Å². The average Bonchev–Trinajstić information content (AvgIpc) is 2.86. The van der Waals surface area contributed by atoms with Crippen LogP contribution in [0, 0.1) is 0 Å². The summed E-state index contributed by atoms with van der Waals surface area (Å²) in [7, 11) is 2.20. The lowest BCUT2D eigenvalue weighted by atomic mass is 10.0. The number of benzene rings is 1. The molecule has 1 aliphatic rings. The molecule has 108 valence electrons. The van der Waals surface area contributed by atoms with Gasteiger partial charge in [0.05, 0.1) is 0 Å². The summed E-state index contributed by atoms with van der Waals surface area (Å²) in [4.78, 5) is 4.98. The number of likely N-dealkylation sites (N-methyl/N-ethyl adjacent to an activating group) is 1. The van der Waals surface area contributed by atoms with Crippen LogP contribution in [0.2, 0.25) is 0 Å². The van der Waals surface area contributed by atoms with Gasteiger partial charge in [-0.15, -0.1) is 11.3 Å². The molecule has 3 nitrogen and oxygen atoms in total. The summed E-state index contributed by atoms with van der Waals surface area (Å²) in [5, 5.41) is 3.67. The van der Waals surface area contributed by atoms with Gasteiger partial charge < -0.3 is 10.6 Å². The van der Waals surface area contributed by atoms with Crippen molar-refractivity contribution >= 4 is 21.4 Å². The number of nitrogens with zero attached hydrogens (tertiary/aromatic N) is 2. The van der Waals surface area contributed by atoms with Crippen molar-refractivity contribution < 1.29 is 0 Å². The summed E-state index contributed by atoms with van der Waals surface area (Å²) in [5.41, 5.74) is 7.54. The van der Waals surface area contributed by atoms with Gasteiger partial charge in [-0.3, -0.25) is 4.90 Å². The van der Waals surface area contributed by atoms with Crippen molar-refractivity contribution in [3.8, 4) is 0 Å². The second kappa shape index (κ2) is 5.82. The van der Waals surface area contributed by atoms with Gasteiger partial charge in [0.25, 0.3) is 0 Å². The summed E-state index contributed by atoms with van der Waals surface area (Å²) in [6.07, 6.45) is 0. The van der Waals surface area contributed by atoms with Crippen LogP contribution >= 0.6 is 11.3 Å². The molecule has 1 aliphatic heterocycles. The van der Waals surface area contributed by atoms with E-state index in [4.69, 9.17) is 5.73 Å². The number of nitrogens with two attached hydrogens (primary N) is 1. The molecule has 0 bridgehead atoms. The number of fused-ring (bicyclic) bond motifs is 1. The van der Waals surface area contributed by atoms with Crippen molar-refractivity contribution in [1.82, 2.24) is 9.80 Å². The molecule has 2 aromatic rings. The number of piperazine rings is 1. The fourth-order valence-corrected chi connectivity index (χ4v) is 4.32. The molecule has 0 radical (unpaired) electrons. The molecule has 2 unspecified atom stereocenters. The topological polar surface area (TPSA) is 32.5 Å². The van der Waals surface area contributed by atoms with Crippen molar-refractivity contribution in [1.29, 1.82) is 0 Å². The van der Waals surface area contributed by atoms with Gasteiger partial charge in [0.1, 0.15) is 0 Å². The van der Waals surface area contributed by atoms with Crippen molar-refractivity contribution in [2.75, 3.05) is 33.2 Å². The number of hydrogen-bond donors (Lipinski definition) is 1. The molecule has 0 amide bonds. The van der Waals surface area contributed by atoms with Crippen LogP contribution in [0.25, 0.3) is 10.1 Å². The second-order valence-corrected chi connectivity index (χ2v) is 6.70. The molecule has 4 heteroatoms. The molecular formula is C16H23N3S. The lowest BCUT2D eigenvalue weighted by molar-refractivity contribution is 0.0642. The van der Waals surface area contributed by atoms with Crippen LogP contribution in [0.5, 0.6) is 0 Å². The summed E-state index contributed by atoms with van der Waals surface area (Å²) in [6.45, 7) is 6.35. The summed E-state index contributed by atoms with van der Waals surface area (Å²) in [6, 6.07) is 9.56. The Hall–Kier alpha value is -0.940. The fraction of sp³-hybridized carbons (Fsp3) is 0.500. The van der Waals surface area contributed by atoms with E-state index in [0.717, 1.165) is 19.6 Å². The van der Waals surface area contributed by atoms with Crippen LogP contribution in [0.4, 0.5) is 0 Å². The monoisotopic (exact) mass is 289 g/mol. The third kappa shape index (κ3) is 2.49. The number of rotatable bonds is 3. The van der Waals surface area contributed by atoms with E-state index >= 15 is 0 Å². The molecule has 0 aliphatic carbocycles. The highest BCUT2D eigenvalue weighted by molar-refractivity contribution is 7.17. The Morgan fingerprint density at radius 1 is 1.35 bits per heavy atom. The summed E-state index contributed by atoms with van der Waals surface area (Å²) >= 11 is 1.83. The van der Waals surface area contributed by atoms with E-state index < -0.39 is 0 Å². The normalized spacial score (nSPS) is 23.2. The van der Waals surface area contributed by atoms with E-state index in [1.54, 1.807) is 0 Å². The molecule has 1 aromatic heterocycles. The van der Waals surface area contributed by atoms with Gasteiger partial charge in [-0.05, 0) is 36.4 Å². The van der Waals surface area contributed by atoms with Crippen LogP contribution in [0.15, 0.2) is 29.6 Å². The molecular weight excluding hydrogens is 266 g/mol. The zero-order chi connectivity index (χ0) is 14.1. The third-order valence-electron chi connectivity index (χ3n) is 4.38. The standard InChI is InChI=1S/C16H23N3S/c1-12-10-18(2)7-8-19(12)15(9-17)14-11-20-16-6-4-3-5-13(14)16/h3-6,11-12,15H,7-10,17H2,1-2H3. The van der Waals surface area contributed by atoms with Crippen LogP contribution in [-0.2, 0) is 0 Å². The maximum atomic E-state index is 6.13. The van der Waals surface area contributed by atoms with E-state index in [0.29, 0.717) is 18.6 Å². The highest BCUT2D eigenvalue weighted by atomic mass is 32.1. The Labute approximate surface area is 125 Å². The molecule has 2 N–H and O–H groups in total. The smallest absolute Gasteiger partial charge is 0.0488 e.